The lowest BCUT2D eigenvalue weighted by atomic mass is 10.0. The van der Waals surface area contributed by atoms with Gasteiger partial charge in [0.05, 0.1) is 24.4 Å². The fourth-order valence-electron chi connectivity index (χ4n) is 2.69. The number of halogens is 6. The smallest absolute Gasteiger partial charge is 0.370 e. The van der Waals surface area contributed by atoms with Crippen LogP contribution in [0.1, 0.15) is 11.1 Å². The Balaban J connectivity index is 1.66. The third kappa shape index (κ3) is 6.52. The number of hydrogen-bond donors (Lipinski definition) is 2. The highest BCUT2D eigenvalue weighted by molar-refractivity contribution is 5.89. The zero-order valence-electron chi connectivity index (χ0n) is 16.6. The van der Waals surface area contributed by atoms with Crippen LogP contribution in [0, 0.1) is 0 Å². The molecule has 9 nitrogen and oxygen atoms in total. The van der Waals surface area contributed by atoms with Gasteiger partial charge in [-0.1, -0.05) is 0 Å². The van der Waals surface area contributed by atoms with E-state index in [1.807, 2.05) is 0 Å². The van der Waals surface area contributed by atoms with Gasteiger partial charge in [-0.3, -0.25) is 15.0 Å². The van der Waals surface area contributed by atoms with Crippen LogP contribution < -0.4 is 10.9 Å². The Kier molecular flexibility index (Phi) is 7.02. The molecule has 1 aromatic heterocycles. The van der Waals surface area contributed by atoms with Gasteiger partial charge in [0.2, 0.25) is 5.91 Å². The Morgan fingerprint density at radius 2 is 1.79 bits per heavy atom. The van der Waals surface area contributed by atoms with Crippen LogP contribution in [0.4, 0.5) is 26.3 Å². The van der Waals surface area contributed by atoms with E-state index in [1.165, 1.54) is 4.90 Å². The molecule has 2 N–H and O–H groups in total. The predicted octanol–water partition coefficient (Wildman–Crippen LogP) is 1.89. The molecular formula is C18H16F6N6O3. The molecule has 2 aromatic rings. The monoisotopic (exact) mass is 478 g/mol. The second-order valence-electron chi connectivity index (χ2n) is 6.69. The summed E-state index contributed by atoms with van der Waals surface area (Å²) in [7, 11) is 0. The zero-order valence-corrected chi connectivity index (χ0v) is 16.6. The van der Waals surface area contributed by atoms with Gasteiger partial charge in [0.1, 0.15) is 12.9 Å². The van der Waals surface area contributed by atoms with Crippen molar-refractivity contribution in [3.8, 4) is 11.4 Å². The first-order chi connectivity index (χ1) is 15.4. The summed E-state index contributed by atoms with van der Waals surface area (Å²) >= 11 is 0. The Labute approximate surface area is 182 Å². The first kappa shape index (κ1) is 24.2. The van der Waals surface area contributed by atoms with Crippen LogP contribution in [0.25, 0.3) is 17.6 Å². The molecule has 1 fully saturated rings. The maximum absolute atomic E-state index is 13.0. The molecule has 3 rings (SSSR count). The molecule has 0 unspecified atom stereocenters. The Morgan fingerprint density at radius 3 is 2.39 bits per heavy atom. The van der Waals surface area contributed by atoms with Crippen LogP contribution >= 0.6 is 0 Å². The van der Waals surface area contributed by atoms with Crippen molar-refractivity contribution in [2.45, 2.75) is 12.4 Å². The van der Waals surface area contributed by atoms with Crippen molar-refractivity contribution in [2.24, 2.45) is 0 Å². The van der Waals surface area contributed by atoms with Gasteiger partial charge in [0, 0.05) is 24.4 Å². The lowest BCUT2D eigenvalue weighted by Gasteiger charge is -2.26. The fourth-order valence-corrected chi connectivity index (χ4v) is 2.69. The molecule has 0 bridgehead atoms. The van der Waals surface area contributed by atoms with Crippen molar-refractivity contribution in [3.05, 3.63) is 41.7 Å². The highest BCUT2D eigenvalue weighted by atomic mass is 19.4. The first-order valence-corrected chi connectivity index (χ1v) is 9.21. The predicted molar refractivity (Wildman–Crippen MR) is 99.5 cm³/mol. The second kappa shape index (κ2) is 9.58. The Hall–Kier alpha value is -3.46. The number of carbonyl (C=O) groups is 2. The number of hydrogen-bond acceptors (Lipinski definition) is 6. The maximum atomic E-state index is 13.0. The van der Waals surface area contributed by atoms with Crippen molar-refractivity contribution in [3.63, 3.8) is 0 Å². The van der Waals surface area contributed by atoms with Crippen molar-refractivity contribution < 1.29 is 40.7 Å². The minimum absolute atomic E-state index is 0.00220. The van der Waals surface area contributed by atoms with E-state index in [9.17, 15) is 35.9 Å². The molecule has 1 aromatic carbocycles. The van der Waals surface area contributed by atoms with Crippen molar-refractivity contribution in [1.29, 1.82) is 0 Å². The van der Waals surface area contributed by atoms with E-state index in [0.29, 0.717) is 25.3 Å². The number of aromatic nitrogens is 3. The minimum atomic E-state index is -5.00. The number of nitrogens with one attached hydrogen (secondary N) is 2. The third-order valence-electron chi connectivity index (χ3n) is 4.30. The number of rotatable bonds is 6. The first-order valence-electron chi connectivity index (χ1n) is 9.21. The summed E-state index contributed by atoms with van der Waals surface area (Å²) in [6, 6.07) is 1.01. The molecule has 0 saturated carbocycles. The zero-order chi connectivity index (χ0) is 24.2. The fraction of sp³-hybridized carbons (Fsp3) is 0.333. The molecule has 15 heteroatoms. The number of amides is 2. The van der Waals surface area contributed by atoms with Gasteiger partial charge in [-0.2, -0.15) is 26.3 Å². The van der Waals surface area contributed by atoms with E-state index in [2.05, 4.69) is 20.9 Å². The molecule has 2 heterocycles. The van der Waals surface area contributed by atoms with Crippen molar-refractivity contribution in [1.82, 2.24) is 30.5 Å². The van der Waals surface area contributed by atoms with Crippen LogP contribution in [0.3, 0.4) is 0 Å². The number of hydrazine groups is 1. The molecule has 1 saturated heterocycles. The molecule has 0 radical (unpaired) electrons. The highest BCUT2D eigenvalue weighted by Crippen LogP contribution is 2.38. The van der Waals surface area contributed by atoms with Gasteiger partial charge in [-0.25, -0.2) is 15.1 Å². The van der Waals surface area contributed by atoms with Crippen molar-refractivity contribution >= 4 is 18.0 Å². The van der Waals surface area contributed by atoms with E-state index >= 15 is 0 Å². The average molecular weight is 478 g/mol. The molecule has 1 aliphatic heterocycles. The molecule has 1 aliphatic rings. The number of nitrogens with zero attached hydrogens (tertiary/aromatic N) is 4. The summed E-state index contributed by atoms with van der Waals surface area (Å²) in [4.78, 5) is 28.5. The molecule has 0 atom stereocenters. The summed E-state index contributed by atoms with van der Waals surface area (Å²) in [6.45, 7) is 0.698. The van der Waals surface area contributed by atoms with Crippen LogP contribution in [0.2, 0.25) is 0 Å². The van der Waals surface area contributed by atoms with E-state index < -0.39 is 40.8 Å². The van der Waals surface area contributed by atoms with Gasteiger partial charge in [0.25, 0.3) is 5.91 Å². The van der Waals surface area contributed by atoms with Gasteiger partial charge < -0.3 is 9.64 Å². The number of alkyl halides is 6. The summed E-state index contributed by atoms with van der Waals surface area (Å²) in [6.07, 6.45) is -6.93. The quantitative estimate of drug-likeness (QED) is 0.374. The van der Waals surface area contributed by atoms with E-state index in [1.54, 1.807) is 0 Å². The molecule has 2 amide bonds. The number of carbonyl (C=O) groups excluding carboxylic acids is 2. The van der Waals surface area contributed by atoms with E-state index in [-0.39, 0.29) is 25.2 Å². The Morgan fingerprint density at radius 1 is 1.12 bits per heavy atom. The van der Waals surface area contributed by atoms with Crippen LogP contribution in [0.5, 0.6) is 0 Å². The summed E-state index contributed by atoms with van der Waals surface area (Å²) in [5.41, 5.74) is 1.33. The van der Waals surface area contributed by atoms with E-state index in [0.717, 1.165) is 23.3 Å². The van der Waals surface area contributed by atoms with Gasteiger partial charge in [-0.05, 0) is 18.2 Å². The Bertz CT molecular complexity index is 1020. The minimum Gasteiger partial charge on any atom is -0.370 e. The van der Waals surface area contributed by atoms with Crippen molar-refractivity contribution in [2.75, 3.05) is 26.4 Å². The third-order valence-corrected chi connectivity index (χ3v) is 4.30. The summed E-state index contributed by atoms with van der Waals surface area (Å²) < 4.78 is 83.9. The average Bonchev–Trinajstić information content (AvgIpc) is 3.21. The van der Waals surface area contributed by atoms with Crippen LogP contribution in [-0.4, -0.2) is 57.9 Å². The lowest BCUT2D eigenvalue weighted by Crippen LogP contribution is -2.50. The van der Waals surface area contributed by atoms with Gasteiger partial charge in [0.15, 0.2) is 5.82 Å². The molecule has 0 spiro atoms. The maximum Gasteiger partial charge on any atom is 0.416 e. The highest BCUT2D eigenvalue weighted by Gasteiger charge is 2.37. The van der Waals surface area contributed by atoms with E-state index in [4.69, 9.17) is 4.74 Å². The normalized spacial score (nSPS) is 15.3. The second-order valence-corrected chi connectivity index (χ2v) is 6.69. The van der Waals surface area contributed by atoms with Gasteiger partial charge in [-0.15, -0.1) is 5.10 Å². The number of morpholine rings is 1. The topological polar surface area (TPSA) is 101 Å². The summed E-state index contributed by atoms with van der Waals surface area (Å²) in [5.74, 6) is -1.32. The number of benzene rings is 1. The molecular weight excluding hydrogens is 462 g/mol. The molecule has 0 aliphatic carbocycles. The molecule has 178 valence electrons. The standard InChI is InChI=1S/C18H16F6N6O3/c19-17(20,21)12-5-11(6-13(7-12)18(22,23)24)16-25-9-30(28-16)2-1-14(31)27-26-10-29-3-4-33-8-15(29)32/h1-2,5-7,9,26H,3-4,8,10H2,(H,27,31)/b2-1-. The van der Waals surface area contributed by atoms with Crippen LogP contribution in [0.15, 0.2) is 30.6 Å². The number of ether oxygens (including phenoxy) is 1. The SMILES string of the molecule is O=C(/C=C\n1cnc(-c2cc(C(F)(F)F)cc(C(F)(F)F)c2)n1)NNCN1CCOCC1=O. The largest absolute Gasteiger partial charge is 0.416 e. The lowest BCUT2D eigenvalue weighted by molar-refractivity contribution is -0.144. The van der Waals surface area contributed by atoms with Gasteiger partial charge >= 0.3 is 12.4 Å². The molecule has 33 heavy (non-hydrogen) atoms. The van der Waals surface area contributed by atoms with Crippen LogP contribution in [-0.2, 0) is 26.7 Å². The summed E-state index contributed by atoms with van der Waals surface area (Å²) in [5, 5.41) is 3.78.